The molecule has 0 aliphatic carbocycles. The smallest absolute Gasteiger partial charge is 0.262 e. The van der Waals surface area contributed by atoms with E-state index in [4.69, 9.17) is 4.74 Å². The Morgan fingerprint density at radius 3 is 2.59 bits per heavy atom. The second kappa shape index (κ2) is 6.13. The Labute approximate surface area is 126 Å². The molecule has 0 atom stereocenters. The van der Waals surface area contributed by atoms with Gasteiger partial charge < -0.3 is 15.0 Å². The van der Waals surface area contributed by atoms with Gasteiger partial charge in [-0.2, -0.15) is 0 Å². The molecule has 0 spiro atoms. The van der Waals surface area contributed by atoms with E-state index in [0.717, 1.165) is 5.39 Å². The number of benzene rings is 2. The number of hydrogen-bond acceptors (Lipinski definition) is 3. The van der Waals surface area contributed by atoms with Crippen LogP contribution in [0.3, 0.4) is 0 Å². The summed E-state index contributed by atoms with van der Waals surface area (Å²) in [6, 6.07) is 17.8. The molecule has 2 N–H and O–H groups in total. The van der Waals surface area contributed by atoms with Crippen LogP contribution in [0.2, 0.25) is 0 Å². The molecule has 0 saturated carbocycles. The molecule has 2 aromatic carbocycles. The van der Waals surface area contributed by atoms with Gasteiger partial charge in [-0.05, 0) is 24.3 Å². The minimum Gasteiger partial charge on any atom is -0.483 e. The lowest BCUT2D eigenvalue weighted by Gasteiger charge is -2.09. The number of carbonyl (C=O) groups is 1. The van der Waals surface area contributed by atoms with Crippen molar-refractivity contribution in [3.63, 3.8) is 0 Å². The van der Waals surface area contributed by atoms with Gasteiger partial charge in [-0.15, -0.1) is 0 Å². The average molecular weight is 294 g/mol. The number of rotatable bonds is 4. The predicted molar refractivity (Wildman–Crippen MR) is 85.1 cm³/mol. The lowest BCUT2D eigenvalue weighted by molar-refractivity contribution is -0.118. The Bertz CT molecular complexity index is 856. The number of hydrogen-bond donors (Lipinski definition) is 2. The number of carbonyl (C=O) groups excluding carboxylic acids is 1. The molecule has 0 aliphatic rings. The number of ether oxygens (including phenoxy) is 1. The molecule has 0 saturated heterocycles. The predicted octanol–water partition coefficient (Wildman–Crippen LogP) is 2.55. The van der Waals surface area contributed by atoms with Gasteiger partial charge in [-0.3, -0.25) is 9.59 Å². The fraction of sp³-hybridized carbons (Fsp3) is 0.0588. The van der Waals surface area contributed by atoms with Crippen LogP contribution in [0.25, 0.3) is 10.9 Å². The van der Waals surface area contributed by atoms with Crippen LogP contribution in [-0.4, -0.2) is 17.5 Å². The summed E-state index contributed by atoms with van der Waals surface area (Å²) in [6.45, 7) is -0.164. The minimum atomic E-state index is -0.282. The maximum absolute atomic E-state index is 11.9. The zero-order chi connectivity index (χ0) is 15.4. The number of pyridine rings is 1. The molecular formula is C17H14N2O3. The van der Waals surface area contributed by atoms with Crippen LogP contribution in [0, 0.1) is 0 Å². The van der Waals surface area contributed by atoms with Gasteiger partial charge >= 0.3 is 0 Å². The quantitative estimate of drug-likeness (QED) is 0.776. The SMILES string of the molecule is O=C(COc1cc(=O)[nH]c2ccccc12)Nc1ccccc1. The van der Waals surface area contributed by atoms with E-state index in [-0.39, 0.29) is 18.1 Å². The summed E-state index contributed by atoms with van der Waals surface area (Å²) in [6.07, 6.45) is 0. The molecule has 5 nitrogen and oxygen atoms in total. The number of amides is 1. The molecule has 0 bridgehead atoms. The largest absolute Gasteiger partial charge is 0.483 e. The fourth-order valence-electron chi connectivity index (χ4n) is 2.15. The summed E-state index contributed by atoms with van der Waals surface area (Å²) < 4.78 is 5.50. The molecule has 5 heteroatoms. The van der Waals surface area contributed by atoms with E-state index < -0.39 is 0 Å². The van der Waals surface area contributed by atoms with E-state index in [2.05, 4.69) is 10.3 Å². The molecule has 1 heterocycles. The van der Waals surface area contributed by atoms with Crippen molar-refractivity contribution in [1.82, 2.24) is 4.98 Å². The molecule has 110 valence electrons. The number of para-hydroxylation sites is 2. The Morgan fingerprint density at radius 2 is 1.77 bits per heavy atom. The highest BCUT2D eigenvalue weighted by atomic mass is 16.5. The lowest BCUT2D eigenvalue weighted by atomic mass is 10.2. The molecule has 0 radical (unpaired) electrons. The van der Waals surface area contributed by atoms with E-state index >= 15 is 0 Å². The Balaban J connectivity index is 1.74. The Kier molecular flexibility index (Phi) is 3.87. The molecule has 3 aromatic rings. The van der Waals surface area contributed by atoms with E-state index in [1.807, 2.05) is 36.4 Å². The topological polar surface area (TPSA) is 71.2 Å². The van der Waals surface area contributed by atoms with Crippen LogP contribution in [-0.2, 0) is 4.79 Å². The van der Waals surface area contributed by atoms with Crippen LogP contribution in [0.15, 0.2) is 65.5 Å². The van der Waals surface area contributed by atoms with Crippen LogP contribution in [0.5, 0.6) is 5.75 Å². The van der Waals surface area contributed by atoms with Crippen molar-refractivity contribution in [3.8, 4) is 5.75 Å². The van der Waals surface area contributed by atoms with Crippen LogP contribution in [0.4, 0.5) is 5.69 Å². The summed E-state index contributed by atoms with van der Waals surface area (Å²) in [5.41, 5.74) is 1.11. The summed E-state index contributed by atoms with van der Waals surface area (Å²) in [7, 11) is 0. The Morgan fingerprint density at radius 1 is 1.05 bits per heavy atom. The normalized spacial score (nSPS) is 10.4. The van der Waals surface area contributed by atoms with Gasteiger partial charge in [0.25, 0.3) is 11.5 Å². The standard InChI is InChI=1S/C17H14N2O3/c20-16-10-15(13-8-4-5-9-14(13)19-16)22-11-17(21)18-12-6-2-1-3-7-12/h1-10H,11H2,(H,18,21)(H,19,20). The van der Waals surface area contributed by atoms with Gasteiger partial charge in [0.15, 0.2) is 6.61 Å². The molecule has 0 fully saturated rings. The second-order valence-electron chi connectivity index (χ2n) is 4.75. The minimum absolute atomic E-state index is 0.164. The summed E-state index contributed by atoms with van der Waals surface area (Å²) in [5, 5.41) is 3.48. The van der Waals surface area contributed by atoms with Crippen molar-refractivity contribution in [3.05, 3.63) is 71.0 Å². The average Bonchev–Trinajstić information content (AvgIpc) is 2.53. The maximum Gasteiger partial charge on any atom is 0.262 e. The number of fused-ring (bicyclic) bond motifs is 1. The van der Waals surface area contributed by atoms with Crippen LogP contribution in [0.1, 0.15) is 0 Å². The summed E-state index contributed by atoms with van der Waals surface area (Å²) in [5.74, 6) is 0.109. The first kappa shape index (κ1) is 13.9. The van der Waals surface area contributed by atoms with Crippen molar-refractivity contribution in [2.24, 2.45) is 0 Å². The molecule has 1 amide bonds. The number of nitrogens with one attached hydrogen (secondary N) is 2. The molecule has 3 rings (SSSR count). The highest BCUT2D eigenvalue weighted by Crippen LogP contribution is 2.21. The van der Waals surface area contributed by atoms with Crippen molar-refractivity contribution in [1.29, 1.82) is 0 Å². The second-order valence-corrected chi connectivity index (χ2v) is 4.75. The third-order valence-electron chi connectivity index (χ3n) is 3.13. The fourth-order valence-corrected chi connectivity index (χ4v) is 2.15. The van der Waals surface area contributed by atoms with Crippen molar-refractivity contribution in [2.75, 3.05) is 11.9 Å². The van der Waals surface area contributed by atoms with Crippen molar-refractivity contribution in [2.45, 2.75) is 0 Å². The number of anilines is 1. The molecule has 0 unspecified atom stereocenters. The molecule has 22 heavy (non-hydrogen) atoms. The van der Waals surface area contributed by atoms with Gasteiger partial charge in [0.05, 0.1) is 5.52 Å². The third-order valence-corrected chi connectivity index (χ3v) is 3.13. The molecular weight excluding hydrogens is 280 g/mol. The Hall–Kier alpha value is -3.08. The van der Waals surface area contributed by atoms with Crippen LogP contribution >= 0.6 is 0 Å². The van der Waals surface area contributed by atoms with Gasteiger partial charge in [-0.1, -0.05) is 30.3 Å². The third kappa shape index (κ3) is 3.15. The van der Waals surface area contributed by atoms with E-state index in [0.29, 0.717) is 17.0 Å². The monoisotopic (exact) mass is 294 g/mol. The van der Waals surface area contributed by atoms with Gasteiger partial charge in [-0.25, -0.2) is 0 Å². The first-order chi connectivity index (χ1) is 10.7. The van der Waals surface area contributed by atoms with Crippen molar-refractivity contribution >= 4 is 22.5 Å². The maximum atomic E-state index is 11.9. The van der Waals surface area contributed by atoms with E-state index in [9.17, 15) is 9.59 Å². The highest BCUT2D eigenvalue weighted by molar-refractivity contribution is 5.92. The molecule has 1 aromatic heterocycles. The number of aromatic amines is 1. The van der Waals surface area contributed by atoms with Gasteiger partial charge in [0.1, 0.15) is 5.75 Å². The van der Waals surface area contributed by atoms with E-state index in [1.165, 1.54) is 6.07 Å². The number of aromatic nitrogens is 1. The zero-order valence-corrected chi connectivity index (χ0v) is 11.7. The first-order valence-electron chi connectivity index (χ1n) is 6.82. The van der Waals surface area contributed by atoms with Gasteiger partial charge in [0, 0.05) is 17.1 Å². The number of H-pyrrole nitrogens is 1. The molecule has 0 aliphatic heterocycles. The van der Waals surface area contributed by atoms with Crippen molar-refractivity contribution < 1.29 is 9.53 Å². The highest BCUT2D eigenvalue weighted by Gasteiger charge is 2.07. The van der Waals surface area contributed by atoms with Gasteiger partial charge in [0.2, 0.25) is 0 Å². The van der Waals surface area contributed by atoms with Crippen LogP contribution < -0.4 is 15.6 Å². The summed E-state index contributed by atoms with van der Waals surface area (Å²) in [4.78, 5) is 26.2. The summed E-state index contributed by atoms with van der Waals surface area (Å²) >= 11 is 0. The van der Waals surface area contributed by atoms with E-state index in [1.54, 1.807) is 18.2 Å². The lowest BCUT2D eigenvalue weighted by Crippen LogP contribution is -2.20. The zero-order valence-electron chi connectivity index (χ0n) is 11.7. The first-order valence-corrected chi connectivity index (χ1v) is 6.82.